The van der Waals surface area contributed by atoms with Crippen molar-refractivity contribution in [3.05, 3.63) is 18.0 Å². The van der Waals surface area contributed by atoms with Crippen LogP contribution in [0.4, 0.5) is 5.95 Å². The van der Waals surface area contributed by atoms with E-state index in [2.05, 4.69) is 35.6 Å². The Labute approximate surface area is 97.9 Å². The monoisotopic (exact) mass is 219 g/mol. The first kappa shape index (κ1) is 11.4. The smallest absolute Gasteiger partial charge is 0.225 e. The molecule has 1 fully saturated rings. The summed E-state index contributed by atoms with van der Waals surface area (Å²) in [5, 5.41) is 0. The SMILES string of the molecule is CCc1ccnc(N2CCC(C(C)C)C2)n1. The molecule has 1 aliphatic rings. The standard InChI is InChI=1S/C13H21N3/c1-4-12-5-7-14-13(15-12)16-8-6-11(9-16)10(2)3/h5,7,10-11H,4,6,8-9H2,1-3H3. The molecule has 0 bridgehead atoms. The lowest BCUT2D eigenvalue weighted by molar-refractivity contribution is 0.422. The number of hydrogen-bond acceptors (Lipinski definition) is 3. The van der Waals surface area contributed by atoms with Gasteiger partial charge in [-0.25, -0.2) is 9.97 Å². The van der Waals surface area contributed by atoms with Gasteiger partial charge in [-0.2, -0.15) is 0 Å². The van der Waals surface area contributed by atoms with Crippen LogP contribution in [0.3, 0.4) is 0 Å². The Kier molecular flexibility index (Phi) is 3.42. The minimum absolute atomic E-state index is 0.763. The van der Waals surface area contributed by atoms with Gasteiger partial charge in [0.05, 0.1) is 0 Å². The van der Waals surface area contributed by atoms with Gasteiger partial charge in [0.2, 0.25) is 5.95 Å². The molecular formula is C13H21N3. The first-order chi connectivity index (χ1) is 7.70. The van der Waals surface area contributed by atoms with Crippen molar-refractivity contribution < 1.29 is 0 Å². The van der Waals surface area contributed by atoms with Gasteiger partial charge >= 0.3 is 0 Å². The molecule has 1 aliphatic heterocycles. The van der Waals surface area contributed by atoms with Crippen LogP contribution in [0.2, 0.25) is 0 Å². The summed E-state index contributed by atoms with van der Waals surface area (Å²) in [6.45, 7) is 8.96. The lowest BCUT2D eigenvalue weighted by Gasteiger charge is -2.18. The van der Waals surface area contributed by atoms with Crippen LogP contribution < -0.4 is 4.90 Å². The van der Waals surface area contributed by atoms with Gasteiger partial charge in [0.15, 0.2) is 0 Å². The summed E-state index contributed by atoms with van der Waals surface area (Å²) in [5.74, 6) is 2.48. The second-order valence-corrected chi connectivity index (χ2v) is 4.94. The molecular weight excluding hydrogens is 198 g/mol. The average molecular weight is 219 g/mol. The van der Waals surface area contributed by atoms with E-state index in [0.717, 1.165) is 43.0 Å². The molecule has 2 heterocycles. The molecule has 3 nitrogen and oxygen atoms in total. The summed E-state index contributed by atoms with van der Waals surface area (Å²) < 4.78 is 0. The molecule has 0 amide bonds. The Hall–Kier alpha value is -1.12. The van der Waals surface area contributed by atoms with E-state index in [1.54, 1.807) is 0 Å². The van der Waals surface area contributed by atoms with Crippen molar-refractivity contribution in [2.24, 2.45) is 11.8 Å². The third-order valence-corrected chi connectivity index (χ3v) is 3.51. The highest BCUT2D eigenvalue weighted by atomic mass is 15.3. The zero-order valence-electron chi connectivity index (χ0n) is 10.5. The first-order valence-electron chi connectivity index (χ1n) is 6.27. The van der Waals surface area contributed by atoms with Gasteiger partial charge in [0.1, 0.15) is 0 Å². The summed E-state index contributed by atoms with van der Waals surface area (Å²) >= 11 is 0. The fourth-order valence-electron chi connectivity index (χ4n) is 2.25. The lowest BCUT2D eigenvalue weighted by atomic mass is 9.95. The third kappa shape index (κ3) is 2.34. The van der Waals surface area contributed by atoms with Gasteiger partial charge in [-0.1, -0.05) is 20.8 Å². The van der Waals surface area contributed by atoms with Crippen LogP contribution in [0.15, 0.2) is 12.3 Å². The molecule has 0 aromatic carbocycles. The van der Waals surface area contributed by atoms with Gasteiger partial charge in [-0.05, 0) is 30.7 Å². The molecule has 1 saturated heterocycles. The molecule has 0 aliphatic carbocycles. The van der Waals surface area contributed by atoms with Crippen molar-refractivity contribution in [2.75, 3.05) is 18.0 Å². The lowest BCUT2D eigenvalue weighted by Crippen LogP contribution is -2.23. The number of nitrogens with zero attached hydrogens (tertiary/aromatic N) is 3. The van der Waals surface area contributed by atoms with Crippen LogP contribution in [0.25, 0.3) is 0 Å². The molecule has 0 radical (unpaired) electrons. The predicted molar refractivity (Wildman–Crippen MR) is 66.6 cm³/mol. The van der Waals surface area contributed by atoms with Crippen molar-refractivity contribution >= 4 is 5.95 Å². The Morgan fingerprint density at radius 1 is 1.50 bits per heavy atom. The van der Waals surface area contributed by atoms with Gasteiger partial charge in [-0.3, -0.25) is 0 Å². The molecule has 3 heteroatoms. The van der Waals surface area contributed by atoms with E-state index in [1.807, 2.05) is 12.3 Å². The fourth-order valence-corrected chi connectivity index (χ4v) is 2.25. The Bertz CT molecular complexity index is 349. The highest BCUT2D eigenvalue weighted by Crippen LogP contribution is 2.26. The number of rotatable bonds is 3. The van der Waals surface area contributed by atoms with E-state index in [1.165, 1.54) is 6.42 Å². The number of aryl methyl sites for hydroxylation is 1. The van der Waals surface area contributed by atoms with Crippen LogP contribution in [0.1, 0.15) is 32.9 Å². The van der Waals surface area contributed by atoms with Gasteiger partial charge in [-0.15, -0.1) is 0 Å². The average Bonchev–Trinajstić information content (AvgIpc) is 2.78. The van der Waals surface area contributed by atoms with E-state index < -0.39 is 0 Å². The molecule has 0 saturated carbocycles. The molecule has 1 aromatic heterocycles. The first-order valence-corrected chi connectivity index (χ1v) is 6.27. The maximum absolute atomic E-state index is 4.58. The van der Waals surface area contributed by atoms with Crippen LogP contribution in [0, 0.1) is 11.8 Å². The van der Waals surface area contributed by atoms with E-state index in [-0.39, 0.29) is 0 Å². The molecule has 1 unspecified atom stereocenters. The zero-order chi connectivity index (χ0) is 11.5. The van der Waals surface area contributed by atoms with Crippen LogP contribution >= 0.6 is 0 Å². The Morgan fingerprint density at radius 3 is 2.94 bits per heavy atom. The van der Waals surface area contributed by atoms with Crippen molar-refractivity contribution in [3.8, 4) is 0 Å². The van der Waals surface area contributed by atoms with Gasteiger partial charge in [0.25, 0.3) is 0 Å². The van der Waals surface area contributed by atoms with Gasteiger partial charge < -0.3 is 4.90 Å². The largest absolute Gasteiger partial charge is 0.341 e. The minimum Gasteiger partial charge on any atom is -0.341 e. The molecule has 1 aromatic rings. The fraction of sp³-hybridized carbons (Fsp3) is 0.692. The van der Waals surface area contributed by atoms with Crippen LogP contribution in [0.5, 0.6) is 0 Å². The minimum atomic E-state index is 0.763. The molecule has 0 spiro atoms. The second kappa shape index (κ2) is 4.81. The van der Waals surface area contributed by atoms with Crippen LogP contribution in [-0.4, -0.2) is 23.1 Å². The Balaban J connectivity index is 2.08. The zero-order valence-corrected chi connectivity index (χ0v) is 10.5. The maximum atomic E-state index is 4.58. The summed E-state index contributed by atoms with van der Waals surface area (Å²) in [4.78, 5) is 11.3. The molecule has 88 valence electrons. The number of hydrogen-bond donors (Lipinski definition) is 0. The third-order valence-electron chi connectivity index (χ3n) is 3.51. The summed E-state index contributed by atoms with van der Waals surface area (Å²) in [6, 6.07) is 2.00. The molecule has 16 heavy (non-hydrogen) atoms. The highest BCUT2D eigenvalue weighted by molar-refractivity contribution is 5.32. The Morgan fingerprint density at radius 2 is 2.31 bits per heavy atom. The summed E-state index contributed by atoms with van der Waals surface area (Å²) in [6.07, 6.45) is 4.14. The predicted octanol–water partition coefficient (Wildman–Crippen LogP) is 2.52. The number of aromatic nitrogens is 2. The topological polar surface area (TPSA) is 29.0 Å². The quantitative estimate of drug-likeness (QED) is 0.782. The second-order valence-electron chi connectivity index (χ2n) is 4.94. The van der Waals surface area contributed by atoms with E-state index in [4.69, 9.17) is 0 Å². The van der Waals surface area contributed by atoms with E-state index in [0.29, 0.717) is 0 Å². The van der Waals surface area contributed by atoms with Crippen molar-refractivity contribution in [3.63, 3.8) is 0 Å². The highest BCUT2D eigenvalue weighted by Gasteiger charge is 2.26. The molecule has 0 N–H and O–H groups in total. The maximum Gasteiger partial charge on any atom is 0.225 e. The summed E-state index contributed by atoms with van der Waals surface area (Å²) in [7, 11) is 0. The van der Waals surface area contributed by atoms with Crippen molar-refractivity contribution in [1.29, 1.82) is 0 Å². The van der Waals surface area contributed by atoms with Crippen molar-refractivity contribution in [1.82, 2.24) is 9.97 Å². The van der Waals surface area contributed by atoms with Crippen molar-refractivity contribution in [2.45, 2.75) is 33.6 Å². The van der Waals surface area contributed by atoms with E-state index in [9.17, 15) is 0 Å². The summed E-state index contributed by atoms with van der Waals surface area (Å²) in [5.41, 5.74) is 1.14. The van der Waals surface area contributed by atoms with Gasteiger partial charge in [0, 0.05) is 25.0 Å². The molecule has 1 atom stereocenters. The number of anilines is 1. The van der Waals surface area contributed by atoms with E-state index >= 15 is 0 Å². The van der Waals surface area contributed by atoms with Crippen LogP contribution in [-0.2, 0) is 6.42 Å². The normalized spacial score (nSPS) is 20.8. The molecule has 2 rings (SSSR count).